The molecule has 0 saturated heterocycles. The van der Waals surface area contributed by atoms with Gasteiger partial charge in [0.15, 0.2) is 0 Å². The summed E-state index contributed by atoms with van der Waals surface area (Å²) in [5.74, 6) is 1.24. The van der Waals surface area contributed by atoms with Crippen LogP contribution in [0.25, 0.3) is 0 Å². The van der Waals surface area contributed by atoms with Crippen LogP contribution >= 0.6 is 0 Å². The van der Waals surface area contributed by atoms with Gasteiger partial charge in [-0.15, -0.1) is 0 Å². The van der Waals surface area contributed by atoms with Crippen LogP contribution < -0.4 is 5.73 Å². The third-order valence-corrected chi connectivity index (χ3v) is 4.20. The van der Waals surface area contributed by atoms with Gasteiger partial charge in [-0.25, -0.2) is 8.42 Å². The Morgan fingerprint density at radius 3 is 2.75 bits per heavy atom. The van der Waals surface area contributed by atoms with Gasteiger partial charge in [0.05, 0.1) is 11.8 Å². The van der Waals surface area contributed by atoms with Gasteiger partial charge >= 0.3 is 0 Å². The molecule has 1 aromatic heterocycles. The van der Waals surface area contributed by atoms with Gasteiger partial charge in [-0.1, -0.05) is 5.16 Å². The van der Waals surface area contributed by atoms with Crippen LogP contribution in [0.3, 0.4) is 0 Å². The van der Waals surface area contributed by atoms with E-state index in [9.17, 15) is 8.42 Å². The van der Waals surface area contributed by atoms with Crippen molar-refractivity contribution in [3.63, 3.8) is 0 Å². The lowest BCUT2D eigenvalue weighted by Crippen LogP contribution is -2.16. The van der Waals surface area contributed by atoms with Crippen LogP contribution in [0, 0.1) is 5.92 Å². The van der Waals surface area contributed by atoms with Gasteiger partial charge in [0.2, 0.25) is 11.7 Å². The van der Waals surface area contributed by atoms with E-state index in [2.05, 4.69) is 10.1 Å². The van der Waals surface area contributed by atoms with E-state index < -0.39 is 15.9 Å². The fraction of sp³-hybridized carbons (Fsp3) is 0.833. The summed E-state index contributed by atoms with van der Waals surface area (Å²) in [5, 5.41) is 3.92. The van der Waals surface area contributed by atoms with Crippen molar-refractivity contribution in [3.8, 4) is 0 Å². The van der Waals surface area contributed by atoms with E-state index in [1.807, 2.05) is 6.92 Å². The highest BCUT2D eigenvalue weighted by molar-refractivity contribution is 7.90. The quantitative estimate of drug-likeness (QED) is 0.762. The van der Waals surface area contributed by atoms with Gasteiger partial charge in [0, 0.05) is 12.9 Å². The maximum atomic E-state index is 11.1. The molecule has 0 spiro atoms. The minimum atomic E-state index is -3.04. The predicted molar refractivity (Wildman–Crippen MR) is 72.6 cm³/mol. The van der Waals surface area contributed by atoms with Crippen molar-refractivity contribution in [1.29, 1.82) is 0 Å². The molecule has 1 aliphatic carbocycles. The summed E-state index contributed by atoms with van der Waals surface area (Å²) in [5.41, 5.74) is 5.88. The molecule has 0 aliphatic heterocycles. The number of aromatic nitrogens is 2. The highest BCUT2D eigenvalue weighted by Gasteiger charge is 2.36. The topological polar surface area (TPSA) is 108 Å². The molecule has 0 bridgehead atoms. The van der Waals surface area contributed by atoms with E-state index in [1.165, 1.54) is 6.26 Å². The summed E-state index contributed by atoms with van der Waals surface area (Å²) >= 11 is 0. The zero-order chi connectivity index (χ0) is 14.8. The van der Waals surface area contributed by atoms with Gasteiger partial charge in [-0.2, -0.15) is 4.98 Å². The van der Waals surface area contributed by atoms with Crippen molar-refractivity contribution in [2.45, 2.75) is 38.3 Å². The number of hydrogen-bond acceptors (Lipinski definition) is 7. The highest BCUT2D eigenvalue weighted by Crippen LogP contribution is 2.42. The highest BCUT2D eigenvalue weighted by atomic mass is 32.2. The molecule has 114 valence electrons. The second-order valence-corrected chi connectivity index (χ2v) is 7.49. The summed E-state index contributed by atoms with van der Waals surface area (Å²) in [7, 11) is -3.04. The van der Waals surface area contributed by atoms with Crippen molar-refractivity contribution in [3.05, 3.63) is 11.7 Å². The first kappa shape index (κ1) is 15.4. The molecule has 0 aromatic carbocycles. The van der Waals surface area contributed by atoms with Gasteiger partial charge < -0.3 is 15.0 Å². The minimum absolute atomic E-state index is 0.00337. The Labute approximate surface area is 118 Å². The fourth-order valence-electron chi connectivity index (χ4n) is 1.98. The Hall–Kier alpha value is -0.990. The number of hydrogen-bond donors (Lipinski definition) is 1. The number of ether oxygens (including phenoxy) is 1. The second-order valence-electron chi connectivity index (χ2n) is 5.23. The number of nitrogens with two attached hydrogens (primary N) is 1. The molecule has 2 unspecified atom stereocenters. The third-order valence-electron chi connectivity index (χ3n) is 3.23. The molecule has 7 nitrogen and oxygen atoms in total. The Morgan fingerprint density at radius 1 is 1.50 bits per heavy atom. The summed E-state index contributed by atoms with van der Waals surface area (Å²) in [6, 6.07) is -0.563. The third kappa shape index (κ3) is 4.26. The first-order chi connectivity index (χ1) is 9.40. The molecule has 2 N–H and O–H groups in total. The summed E-state index contributed by atoms with van der Waals surface area (Å²) in [4.78, 5) is 4.27. The predicted octanol–water partition coefficient (Wildman–Crippen LogP) is 0.992. The number of nitrogens with zero attached hydrogens (tertiary/aromatic N) is 2. The largest absolute Gasteiger partial charge is 0.370 e. The van der Waals surface area contributed by atoms with Gasteiger partial charge in [-0.05, 0) is 32.1 Å². The molecular formula is C12H21N3O4S. The number of sulfone groups is 1. The SMILES string of the molecule is CCOC(c1noc(C(N)CCS(C)(=O)=O)n1)C1CC1. The zero-order valence-electron chi connectivity index (χ0n) is 11.8. The van der Waals surface area contributed by atoms with E-state index in [-0.39, 0.29) is 24.2 Å². The Morgan fingerprint density at radius 2 is 2.20 bits per heavy atom. The second kappa shape index (κ2) is 6.19. The lowest BCUT2D eigenvalue weighted by atomic mass is 10.2. The van der Waals surface area contributed by atoms with Crippen LogP contribution in [-0.2, 0) is 14.6 Å². The first-order valence-corrected chi connectivity index (χ1v) is 8.85. The molecule has 0 radical (unpaired) electrons. The van der Waals surface area contributed by atoms with Gasteiger partial charge in [0.25, 0.3) is 0 Å². The van der Waals surface area contributed by atoms with E-state index in [4.69, 9.17) is 15.0 Å². The standard InChI is InChI=1S/C12H21N3O4S/c1-3-18-10(8-4-5-8)11-14-12(19-15-11)9(13)6-7-20(2,16)17/h8-10H,3-7,13H2,1-2H3. The lowest BCUT2D eigenvalue weighted by molar-refractivity contribution is 0.0384. The van der Waals surface area contributed by atoms with Crippen molar-refractivity contribution >= 4 is 9.84 Å². The molecule has 1 fully saturated rings. The summed E-state index contributed by atoms with van der Waals surface area (Å²) in [6.07, 6.45) is 3.52. The van der Waals surface area contributed by atoms with Crippen LogP contribution in [0.4, 0.5) is 0 Å². The normalized spacial score (nSPS) is 18.9. The van der Waals surface area contributed by atoms with Crippen molar-refractivity contribution in [1.82, 2.24) is 10.1 Å². The van der Waals surface area contributed by atoms with Gasteiger partial charge in [-0.3, -0.25) is 0 Å². The average Bonchev–Trinajstić information content (AvgIpc) is 3.09. The minimum Gasteiger partial charge on any atom is -0.370 e. The monoisotopic (exact) mass is 303 g/mol. The van der Waals surface area contributed by atoms with E-state index in [0.29, 0.717) is 18.3 Å². The average molecular weight is 303 g/mol. The molecule has 1 heterocycles. The van der Waals surface area contributed by atoms with Crippen molar-refractivity contribution < 1.29 is 17.7 Å². The molecule has 8 heteroatoms. The van der Waals surface area contributed by atoms with E-state index in [0.717, 1.165) is 12.8 Å². The maximum absolute atomic E-state index is 11.1. The van der Waals surface area contributed by atoms with E-state index >= 15 is 0 Å². The smallest absolute Gasteiger partial charge is 0.243 e. The lowest BCUT2D eigenvalue weighted by Gasteiger charge is -2.11. The Bertz CT molecular complexity index is 539. The molecule has 1 aromatic rings. The molecular weight excluding hydrogens is 282 g/mol. The molecule has 20 heavy (non-hydrogen) atoms. The molecule has 2 atom stereocenters. The fourth-order valence-corrected chi connectivity index (χ4v) is 2.66. The van der Waals surface area contributed by atoms with Crippen LogP contribution in [0.5, 0.6) is 0 Å². The van der Waals surface area contributed by atoms with Crippen molar-refractivity contribution in [2.24, 2.45) is 11.7 Å². The Kier molecular flexibility index (Phi) is 4.77. The van der Waals surface area contributed by atoms with Crippen LogP contribution in [0.2, 0.25) is 0 Å². The van der Waals surface area contributed by atoms with Crippen LogP contribution in [-0.4, -0.2) is 37.2 Å². The van der Waals surface area contributed by atoms with Crippen molar-refractivity contribution in [2.75, 3.05) is 18.6 Å². The molecule has 1 saturated carbocycles. The van der Waals surface area contributed by atoms with E-state index in [1.54, 1.807) is 0 Å². The Balaban J connectivity index is 2.00. The summed E-state index contributed by atoms with van der Waals surface area (Å²) in [6.45, 7) is 2.51. The molecule has 0 amide bonds. The maximum Gasteiger partial charge on any atom is 0.243 e. The molecule has 2 rings (SSSR count). The van der Waals surface area contributed by atoms with Crippen LogP contribution in [0.15, 0.2) is 4.52 Å². The number of rotatable bonds is 8. The molecule has 1 aliphatic rings. The zero-order valence-corrected chi connectivity index (χ0v) is 12.6. The summed E-state index contributed by atoms with van der Waals surface area (Å²) < 4.78 is 33.0. The first-order valence-electron chi connectivity index (χ1n) is 6.79. The van der Waals surface area contributed by atoms with Gasteiger partial charge in [0.1, 0.15) is 15.9 Å². The van der Waals surface area contributed by atoms with Crippen LogP contribution in [0.1, 0.15) is 50.0 Å².